The van der Waals surface area contributed by atoms with Crippen LogP contribution < -0.4 is 15.8 Å². The molecule has 0 unspecified atom stereocenters. The van der Waals surface area contributed by atoms with Gasteiger partial charge in [-0.1, -0.05) is 18.2 Å². The summed E-state index contributed by atoms with van der Waals surface area (Å²) < 4.78 is 7.64. The summed E-state index contributed by atoms with van der Waals surface area (Å²) >= 11 is 0. The Morgan fingerprint density at radius 2 is 2.05 bits per heavy atom. The number of hydrogen-bond donors (Lipinski definition) is 2. The van der Waals surface area contributed by atoms with E-state index in [2.05, 4.69) is 10.3 Å². The molecule has 0 radical (unpaired) electrons. The Bertz CT molecular complexity index is 708. The van der Waals surface area contributed by atoms with Gasteiger partial charge in [-0.3, -0.25) is 4.40 Å². The fourth-order valence-corrected chi connectivity index (χ4v) is 2.04. The van der Waals surface area contributed by atoms with Gasteiger partial charge < -0.3 is 15.8 Å². The van der Waals surface area contributed by atoms with Crippen molar-refractivity contribution in [3.8, 4) is 5.75 Å². The maximum Gasteiger partial charge on any atom is 0.142 e. The molecule has 0 saturated carbocycles. The number of nitrogen functional groups attached to an aromatic ring is 1. The second kappa shape index (κ2) is 5.52. The lowest BCUT2D eigenvalue weighted by molar-refractivity contribution is 0.334. The Morgan fingerprint density at radius 3 is 2.95 bits per heavy atom. The summed E-state index contributed by atoms with van der Waals surface area (Å²) in [6, 6.07) is 13.4. The third-order valence-corrected chi connectivity index (χ3v) is 3.01. The van der Waals surface area contributed by atoms with Gasteiger partial charge in [0, 0.05) is 12.4 Å². The second-order valence-corrected chi connectivity index (χ2v) is 4.38. The van der Waals surface area contributed by atoms with Crippen LogP contribution in [0.15, 0.2) is 54.9 Å². The van der Waals surface area contributed by atoms with E-state index < -0.39 is 0 Å². The number of ether oxygens (including phenoxy) is 1. The molecule has 2 aromatic heterocycles. The molecule has 5 nitrogen and oxygen atoms in total. The smallest absolute Gasteiger partial charge is 0.142 e. The van der Waals surface area contributed by atoms with E-state index in [1.807, 2.05) is 53.1 Å². The van der Waals surface area contributed by atoms with Crippen LogP contribution in [-0.4, -0.2) is 22.5 Å². The van der Waals surface area contributed by atoms with Crippen LogP contribution in [0.2, 0.25) is 0 Å². The van der Waals surface area contributed by atoms with Crippen molar-refractivity contribution in [1.29, 1.82) is 0 Å². The molecule has 3 aromatic rings. The molecule has 1 aromatic carbocycles. The van der Waals surface area contributed by atoms with E-state index in [4.69, 9.17) is 10.5 Å². The van der Waals surface area contributed by atoms with Crippen LogP contribution in [0.4, 0.5) is 11.5 Å². The highest BCUT2D eigenvalue weighted by molar-refractivity contribution is 5.52. The standard InChI is InChI=1S/C15H16N4O/c16-12-4-1-2-5-13(12)20-11-9-18-15-7-3-6-14-17-8-10-19(14)15/h1-8,10,18H,9,11,16H2. The lowest BCUT2D eigenvalue weighted by atomic mass is 10.3. The minimum absolute atomic E-state index is 0.541. The molecule has 0 aliphatic carbocycles. The Labute approximate surface area is 117 Å². The highest BCUT2D eigenvalue weighted by atomic mass is 16.5. The molecule has 0 spiro atoms. The minimum atomic E-state index is 0.541. The third kappa shape index (κ3) is 2.51. The Kier molecular flexibility index (Phi) is 3.41. The van der Waals surface area contributed by atoms with Gasteiger partial charge in [-0.15, -0.1) is 0 Å². The number of para-hydroxylation sites is 2. The number of aromatic nitrogens is 2. The highest BCUT2D eigenvalue weighted by Gasteiger charge is 2.00. The summed E-state index contributed by atoms with van der Waals surface area (Å²) in [6.45, 7) is 1.23. The van der Waals surface area contributed by atoms with E-state index in [9.17, 15) is 0 Å². The number of imidazole rings is 1. The lowest BCUT2D eigenvalue weighted by Crippen LogP contribution is -2.13. The summed E-state index contributed by atoms with van der Waals surface area (Å²) in [5, 5.41) is 3.32. The fourth-order valence-electron chi connectivity index (χ4n) is 2.04. The van der Waals surface area contributed by atoms with E-state index in [0.717, 1.165) is 17.2 Å². The Balaban J connectivity index is 1.58. The lowest BCUT2D eigenvalue weighted by Gasteiger charge is -2.11. The van der Waals surface area contributed by atoms with Crippen molar-refractivity contribution >= 4 is 17.2 Å². The number of nitrogens with zero attached hydrogens (tertiary/aromatic N) is 2. The number of nitrogens with two attached hydrogens (primary N) is 1. The average molecular weight is 268 g/mol. The van der Waals surface area contributed by atoms with Crippen LogP contribution in [0.25, 0.3) is 5.65 Å². The molecule has 3 N–H and O–H groups in total. The van der Waals surface area contributed by atoms with Gasteiger partial charge in [-0.05, 0) is 24.3 Å². The van der Waals surface area contributed by atoms with Crippen molar-refractivity contribution in [1.82, 2.24) is 9.38 Å². The molecular weight excluding hydrogens is 252 g/mol. The maximum atomic E-state index is 5.82. The molecule has 0 bridgehead atoms. The predicted molar refractivity (Wildman–Crippen MR) is 80.0 cm³/mol. The van der Waals surface area contributed by atoms with Gasteiger partial charge in [0.05, 0.1) is 12.2 Å². The molecular formula is C15H16N4O. The largest absolute Gasteiger partial charge is 0.490 e. The monoisotopic (exact) mass is 268 g/mol. The molecule has 0 fully saturated rings. The van der Waals surface area contributed by atoms with E-state index in [-0.39, 0.29) is 0 Å². The van der Waals surface area contributed by atoms with E-state index >= 15 is 0 Å². The number of nitrogens with one attached hydrogen (secondary N) is 1. The molecule has 3 rings (SSSR count). The van der Waals surface area contributed by atoms with Crippen LogP contribution in [0.1, 0.15) is 0 Å². The van der Waals surface area contributed by atoms with Crippen molar-refractivity contribution in [2.45, 2.75) is 0 Å². The van der Waals surface area contributed by atoms with Gasteiger partial charge in [0.25, 0.3) is 0 Å². The number of rotatable bonds is 5. The summed E-state index contributed by atoms with van der Waals surface area (Å²) in [4.78, 5) is 4.24. The number of benzene rings is 1. The zero-order valence-electron chi connectivity index (χ0n) is 11.0. The average Bonchev–Trinajstić information content (AvgIpc) is 2.94. The van der Waals surface area contributed by atoms with Crippen LogP contribution in [0.3, 0.4) is 0 Å². The van der Waals surface area contributed by atoms with E-state index in [1.165, 1.54) is 0 Å². The van der Waals surface area contributed by atoms with Gasteiger partial charge in [0.15, 0.2) is 0 Å². The summed E-state index contributed by atoms with van der Waals surface area (Å²) in [7, 11) is 0. The fraction of sp³-hybridized carbons (Fsp3) is 0.133. The van der Waals surface area contributed by atoms with Gasteiger partial charge >= 0.3 is 0 Å². The first-order valence-electron chi connectivity index (χ1n) is 6.48. The number of pyridine rings is 1. The SMILES string of the molecule is Nc1ccccc1OCCNc1cccc2nccn12. The topological polar surface area (TPSA) is 64.6 Å². The molecule has 102 valence electrons. The molecule has 2 heterocycles. The zero-order valence-corrected chi connectivity index (χ0v) is 11.0. The number of anilines is 2. The van der Waals surface area contributed by atoms with Crippen molar-refractivity contribution in [2.24, 2.45) is 0 Å². The molecule has 5 heteroatoms. The normalized spacial score (nSPS) is 10.6. The summed E-state index contributed by atoms with van der Waals surface area (Å²) in [5.74, 6) is 1.71. The van der Waals surface area contributed by atoms with Crippen LogP contribution in [-0.2, 0) is 0 Å². The third-order valence-electron chi connectivity index (χ3n) is 3.01. The van der Waals surface area contributed by atoms with E-state index in [0.29, 0.717) is 18.8 Å². The first-order chi connectivity index (χ1) is 9.84. The van der Waals surface area contributed by atoms with Crippen LogP contribution >= 0.6 is 0 Å². The van der Waals surface area contributed by atoms with Crippen molar-refractivity contribution < 1.29 is 4.74 Å². The quantitative estimate of drug-likeness (QED) is 0.551. The second-order valence-electron chi connectivity index (χ2n) is 4.38. The van der Waals surface area contributed by atoms with Gasteiger partial charge in [-0.2, -0.15) is 0 Å². The zero-order chi connectivity index (χ0) is 13.8. The summed E-state index contributed by atoms with van der Waals surface area (Å²) in [5.41, 5.74) is 7.39. The number of fused-ring (bicyclic) bond motifs is 1. The van der Waals surface area contributed by atoms with Crippen molar-refractivity contribution in [2.75, 3.05) is 24.2 Å². The molecule has 0 amide bonds. The number of hydrogen-bond acceptors (Lipinski definition) is 4. The molecule has 0 atom stereocenters. The molecule has 20 heavy (non-hydrogen) atoms. The van der Waals surface area contributed by atoms with Gasteiger partial charge in [0.1, 0.15) is 23.8 Å². The predicted octanol–water partition coefficient (Wildman–Crippen LogP) is 2.41. The van der Waals surface area contributed by atoms with E-state index in [1.54, 1.807) is 6.20 Å². The summed E-state index contributed by atoms with van der Waals surface area (Å²) in [6.07, 6.45) is 3.70. The minimum Gasteiger partial charge on any atom is -0.490 e. The molecule has 0 aliphatic rings. The highest BCUT2D eigenvalue weighted by Crippen LogP contribution is 2.19. The Hall–Kier alpha value is -2.69. The maximum absolute atomic E-state index is 5.82. The van der Waals surface area contributed by atoms with Crippen molar-refractivity contribution in [3.05, 3.63) is 54.9 Å². The Morgan fingerprint density at radius 1 is 1.15 bits per heavy atom. The van der Waals surface area contributed by atoms with Crippen LogP contribution in [0, 0.1) is 0 Å². The van der Waals surface area contributed by atoms with Gasteiger partial charge in [-0.25, -0.2) is 4.98 Å². The van der Waals surface area contributed by atoms with Crippen molar-refractivity contribution in [3.63, 3.8) is 0 Å². The molecule has 0 saturated heterocycles. The van der Waals surface area contributed by atoms with Crippen LogP contribution in [0.5, 0.6) is 5.75 Å². The first kappa shape index (κ1) is 12.3. The van der Waals surface area contributed by atoms with Gasteiger partial charge in [0.2, 0.25) is 0 Å². The first-order valence-corrected chi connectivity index (χ1v) is 6.48. The molecule has 0 aliphatic heterocycles.